The van der Waals surface area contributed by atoms with Crippen molar-refractivity contribution in [3.05, 3.63) is 53.6 Å². The normalized spacial score (nSPS) is 17.5. The van der Waals surface area contributed by atoms with Gasteiger partial charge in [0.1, 0.15) is 0 Å². The molecule has 7 heteroatoms. The molecule has 0 amide bonds. The van der Waals surface area contributed by atoms with E-state index in [0.29, 0.717) is 9.92 Å². The Morgan fingerprint density at radius 1 is 1.17 bits per heavy atom. The molecule has 0 unspecified atom stereocenters. The molecule has 118 valence electrons. The second-order valence-electron chi connectivity index (χ2n) is 5.45. The monoisotopic (exact) mass is 364 g/mol. The predicted octanol–water partition coefficient (Wildman–Crippen LogP) is 3.81. The van der Waals surface area contributed by atoms with Crippen LogP contribution in [0, 0.1) is 0 Å². The Labute approximate surface area is 143 Å². The lowest BCUT2D eigenvalue weighted by Crippen LogP contribution is -2.19. The van der Waals surface area contributed by atoms with Crippen molar-refractivity contribution in [2.24, 2.45) is 0 Å². The number of benzene rings is 2. The summed E-state index contributed by atoms with van der Waals surface area (Å²) in [6.07, 6.45) is 0. The van der Waals surface area contributed by atoms with Crippen LogP contribution in [0.1, 0.15) is 6.04 Å². The van der Waals surface area contributed by atoms with Gasteiger partial charge in [-0.3, -0.25) is 0 Å². The Morgan fingerprint density at radius 3 is 2.70 bits per heavy atom. The molecular weight excluding hydrogens is 352 g/mol. The highest BCUT2D eigenvalue weighted by Gasteiger charge is 2.31. The van der Waals surface area contributed by atoms with E-state index in [1.807, 2.05) is 28.8 Å². The van der Waals surface area contributed by atoms with Crippen LogP contribution in [0.4, 0.5) is 0 Å². The molecule has 1 aliphatic rings. The Hall–Kier alpha value is -1.50. The molecule has 2 aromatic carbocycles. The molecule has 2 heterocycles. The number of aromatic nitrogens is 2. The van der Waals surface area contributed by atoms with E-state index in [1.165, 1.54) is 0 Å². The van der Waals surface area contributed by atoms with Crippen LogP contribution in [-0.4, -0.2) is 29.5 Å². The summed E-state index contributed by atoms with van der Waals surface area (Å²) < 4.78 is 27.4. The highest BCUT2D eigenvalue weighted by atomic mass is 35.5. The molecule has 4 rings (SSSR count). The van der Waals surface area contributed by atoms with Crippen molar-refractivity contribution in [1.82, 2.24) is 9.55 Å². The van der Waals surface area contributed by atoms with Gasteiger partial charge in [-0.2, -0.15) is 0 Å². The van der Waals surface area contributed by atoms with Crippen LogP contribution in [0.25, 0.3) is 11.0 Å². The van der Waals surface area contributed by atoms with E-state index in [9.17, 15) is 8.42 Å². The minimum absolute atomic E-state index is 0.0645. The molecule has 0 saturated carbocycles. The zero-order chi connectivity index (χ0) is 16.0. The lowest BCUT2D eigenvalue weighted by molar-refractivity contribution is 0.559. The summed E-state index contributed by atoms with van der Waals surface area (Å²) in [7, 11) is -3.37. The lowest BCUT2D eigenvalue weighted by Gasteiger charge is -2.14. The van der Waals surface area contributed by atoms with Crippen molar-refractivity contribution in [2.45, 2.75) is 16.1 Å². The first-order chi connectivity index (χ1) is 11.0. The maximum absolute atomic E-state index is 12.7. The molecule has 0 bridgehead atoms. The highest BCUT2D eigenvalue weighted by molar-refractivity contribution is 7.99. The van der Waals surface area contributed by atoms with Gasteiger partial charge >= 0.3 is 0 Å². The quantitative estimate of drug-likeness (QED) is 0.709. The fourth-order valence-electron chi connectivity index (χ4n) is 2.84. The van der Waals surface area contributed by atoms with Gasteiger partial charge in [-0.25, -0.2) is 13.4 Å². The molecule has 0 saturated heterocycles. The Kier molecular flexibility index (Phi) is 3.63. The molecule has 23 heavy (non-hydrogen) atoms. The van der Waals surface area contributed by atoms with Crippen molar-refractivity contribution in [3.63, 3.8) is 0 Å². The first kappa shape index (κ1) is 15.1. The molecule has 0 radical (unpaired) electrons. The van der Waals surface area contributed by atoms with Crippen LogP contribution in [-0.2, 0) is 9.84 Å². The summed E-state index contributed by atoms with van der Waals surface area (Å²) in [4.78, 5) is 4.88. The molecule has 0 spiro atoms. The Balaban J connectivity index is 1.70. The van der Waals surface area contributed by atoms with Gasteiger partial charge in [-0.05, 0) is 36.4 Å². The van der Waals surface area contributed by atoms with E-state index < -0.39 is 9.84 Å². The summed E-state index contributed by atoms with van der Waals surface area (Å²) in [6, 6.07) is 14.1. The molecule has 0 N–H and O–H groups in total. The predicted molar refractivity (Wildman–Crippen MR) is 93.0 cm³/mol. The van der Waals surface area contributed by atoms with E-state index in [4.69, 9.17) is 11.6 Å². The minimum atomic E-state index is -3.37. The third-order valence-corrected chi connectivity index (χ3v) is 7.08. The maximum Gasteiger partial charge on any atom is 0.180 e. The molecule has 1 aliphatic heterocycles. The topological polar surface area (TPSA) is 52.0 Å². The number of para-hydroxylation sites is 2. The van der Waals surface area contributed by atoms with Crippen LogP contribution in [0.5, 0.6) is 0 Å². The van der Waals surface area contributed by atoms with Crippen molar-refractivity contribution in [3.8, 4) is 0 Å². The molecule has 1 aromatic heterocycles. The summed E-state index contributed by atoms with van der Waals surface area (Å²) in [6.45, 7) is 0. The van der Waals surface area contributed by atoms with Crippen LogP contribution in [0.2, 0.25) is 5.02 Å². The average Bonchev–Trinajstić information content (AvgIpc) is 3.07. The van der Waals surface area contributed by atoms with Gasteiger partial charge < -0.3 is 4.57 Å². The van der Waals surface area contributed by atoms with Gasteiger partial charge in [0.15, 0.2) is 15.0 Å². The molecule has 0 fully saturated rings. The standard InChI is InChI=1S/C16H13ClN2O2S2/c17-11-5-7-13(8-6-11)23(20,21)10-12-9-22-16-18-14-3-1-2-4-15(14)19(12)16/h1-8,12H,9-10H2/t12-/m1/s1. The number of thioether (sulfide) groups is 1. The minimum Gasteiger partial charge on any atom is -0.314 e. The van der Waals surface area contributed by atoms with E-state index in [2.05, 4.69) is 4.98 Å². The van der Waals surface area contributed by atoms with E-state index in [0.717, 1.165) is 21.9 Å². The number of hydrogen-bond acceptors (Lipinski definition) is 4. The molecule has 3 aromatic rings. The second kappa shape index (κ2) is 5.54. The van der Waals surface area contributed by atoms with Crippen molar-refractivity contribution < 1.29 is 8.42 Å². The molecule has 4 nitrogen and oxygen atoms in total. The lowest BCUT2D eigenvalue weighted by atomic mass is 10.3. The van der Waals surface area contributed by atoms with Gasteiger partial charge in [0.2, 0.25) is 0 Å². The summed E-state index contributed by atoms with van der Waals surface area (Å²) >= 11 is 7.45. The Morgan fingerprint density at radius 2 is 1.91 bits per heavy atom. The number of hydrogen-bond donors (Lipinski definition) is 0. The van der Waals surface area contributed by atoms with Crippen LogP contribution < -0.4 is 0 Å². The maximum atomic E-state index is 12.7. The van der Waals surface area contributed by atoms with Crippen molar-refractivity contribution in [2.75, 3.05) is 11.5 Å². The number of fused-ring (bicyclic) bond motifs is 3. The molecule has 1 atom stereocenters. The molecule has 0 aliphatic carbocycles. The Bertz CT molecular complexity index is 981. The first-order valence-electron chi connectivity index (χ1n) is 7.13. The number of rotatable bonds is 3. The van der Waals surface area contributed by atoms with Crippen LogP contribution >= 0.6 is 23.4 Å². The third kappa shape index (κ3) is 2.65. The van der Waals surface area contributed by atoms with Gasteiger partial charge in [-0.15, -0.1) is 0 Å². The zero-order valence-corrected chi connectivity index (χ0v) is 14.4. The first-order valence-corrected chi connectivity index (χ1v) is 10.1. The fourth-order valence-corrected chi connectivity index (χ4v) is 5.79. The van der Waals surface area contributed by atoms with Gasteiger partial charge in [0.25, 0.3) is 0 Å². The molecular formula is C16H13ClN2O2S2. The number of nitrogens with zero attached hydrogens (tertiary/aromatic N) is 2. The summed E-state index contributed by atoms with van der Waals surface area (Å²) in [5.41, 5.74) is 1.90. The van der Waals surface area contributed by atoms with E-state index >= 15 is 0 Å². The van der Waals surface area contributed by atoms with Gasteiger partial charge in [0, 0.05) is 10.8 Å². The zero-order valence-electron chi connectivity index (χ0n) is 12.0. The SMILES string of the molecule is O=S(=O)(C[C@H]1CSc2nc3ccccc3n21)c1ccc(Cl)cc1. The van der Waals surface area contributed by atoms with Crippen LogP contribution in [0.3, 0.4) is 0 Å². The average molecular weight is 365 g/mol. The smallest absolute Gasteiger partial charge is 0.180 e. The van der Waals surface area contributed by atoms with Gasteiger partial charge in [0.05, 0.1) is 27.7 Å². The van der Waals surface area contributed by atoms with Crippen molar-refractivity contribution in [1.29, 1.82) is 0 Å². The van der Waals surface area contributed by atoms with Crippen molar-refractivity contribution >= 4 is 44.2 Å². The van der Waals surface area contributed by atoms with E-state index in [1.54, 1.807) is 36.0 Å². The van der Waals surface area contributed by atoms with Crippen LogP contribution in [0.15, 0.2) is 58.6 Å². The van der Waals surface area contributed by atoms with E-state index in [-0.39, 0.29) is 11.8 Å². The fraction of sp³-hybridized carbons (Fsp3) is 0.188. The number of imidazole rings is 1. The third-order valence-electron chi connectivity index (χ3n) is 3.92. The number of sulfone groups is 1. The summed E-state index contributed by atoms with van der Waals surface area (Å²) in [5.74, 6) is 0.787. The van der Waals surface area contributed by atoms with Gasteiger partial charge in [-0.1, -0.05) is 35.5 Å². The highest BCUT2D eigenvalue weighted by Crippen LogP contribution is 2.38. The number of halogens is 1. The largest absolute Gasteiger partial charge is 0.314 e. The summed E-state index contributed by atoms with van der Waals surface area (Å²) in [5, 5.41) is 1.42. The second-order valence-corrected chi connectivity index (χ2v) is 8.91.